The van der Waals surface area contributed by atoms with Gasteiger partial charge in [0.1, 0.15) is 23.9 Å². The summed E-state index contributed by atoms with van der Waals surface area (Å²) in [5.74, 6) is 1.24. The normalized spacial score (nSPS) is 12.4. The molecule has 4 heteroatoms. The third kappa shape index (κ3) is 1.61. The van der Waals surface area contributed by atoms with E-state index < -0.39 is 0 Å². The van der Waals surface area contributed by atoms with Crippen LogP contribution < -0.4 is 4.74 Å². The van der Waals surface area contributed by atoms with Gasteiger partial charge in [0.2, 0.25) is 0 Å². The van der Waals surface area contributed by atoms with Crippen LogP contribution in [-0.2, 0) is 6.61 Å². The van der Waals surface area contributed by atoms with E-state index in [2.05, 4.69) is 5.16 Å². The first-order chi connectivity index (χ1) is 9.83. The number of para-hydroxylation sites is 1. The summed E-state index contributed by atoms with van der Waals surface area (Å²) in [6.07, 6.45) is 0. The lowest BCUT2D eigenvalue weighted by Crippen LogP contribution is -2.03. The fourth-order valence-electron chi connectivity index (χ4n) is 2.45. The third-order valence-corrected chi connectivity index (χ3v) is 3.40. The van der Waals surface area contributed by atoms with Gasteiger partial charge in [-0.3, -0.25) is 0 Å². The first-order valence-electron chi connectivity index (χ1n) is 6.29. The van der Waals surface area contributed by atoms with Crippen molar-refractivity contribution >= 4 is 0 Å². The standard InChI is InChI=1S/C16H10FNO2/c17-11-7-5-10(6-8-11)16-15-12-3-1-2-4-13(12)19-9-14(15)20-18-16/h1-8H,9H2. The van der Waals surface area contributed by atoms with Gasteiger partial charge in [0.15, 0.2) is 5.76 Å². The van der Waals surface area contributed by atoms with E-state index in [9.17, 15) is 4.39 Å². The molecule has 0 saturated heterocycles. The van der Waals surface area contributed by atoms with Crippen molar-refractivity contribution in [2.45, 2.75) is 6.61 Å². The average Bonchev–Trinajstić information content (AvgIpc) is 2.92. The van der Waals surface area contributed by atoms with Crippen LogP contribution in [0.3, 0.4) is 0 Å². The lowest BCUT2D eigenvalue weighted by atomic mass is 9.97. The molecule has 0 spiro atoms. The summed E-state index contributed by atoms with van der Waals surface area (Å²) in [7, 11) is 0. The Kier molecular flexibility index (Phi) is 2.36. The Labute approximate surface area is 114 Å². The number of hydrogen-bond acceptors (Lipinski definition) is 3. The van der Waals surface area contributed by atoms with Gasteiger partial charge in [-0.1, -0.05) is 23.4 Å². The number of nitrogens with zero attached hydrogens (tertiary/aromatic N) is 1. The second-order valence-electron chi connectivity index (χ2n) is 4.62. The quantitative estimate of drug-likeness (QED) is 0.667. The average molecular weight is 267 g/mol. The molecule has 3 aromatic rings. The van der Waals surface area contributed by atoms with Crippen LogP contribution in [0.5, 0.6) is 5.75 Å². The molecule has 1 aromatic heterocycles. The first kappa shape index (κ1) is 11.2. The Bertz CT molecular complexity index is 777. The van der Waals surface area contributed by atoms with Gasteiger partial charge in [0.05, 0.1) is 5.56 Å². The van der Waals surface area contributed by atoms with Crippen molar-refractivity contribution in [3.8, 4) is 28.1 Å². The summed E-state index contributed by atoms with van der Waals surface area (Å²) in [5, 5.41) is 4.12. The molecule has 98 valence electrons. The summed E-state index contributed by atoms with van der Waals surface area (Å²) in [6.45, 7) is 0.362. The molecule has 1 aliphatic heterocycles. The number of hydrogen-bond donors (Lipinski definition) is 0. The summed E-state index contributed by atoms with van der Waals surface area (Å²) < 4.78 is 24.0. The molecule has 0 fully saturated rings. The Morgan fingerprint density at radius 2 is 1.80 bits per heavy atom. The monoisotopic (exact) mass is 267 g/mol. The zero-order valence-corrected chi connectivity index (χ0v) is 10.5. The van der Waals surface area contributed by atoms with Gasteiger partial charge in [-0.05, 0) is 30.3 Å². The predicted molar refractivity (Wildman–Crippen MR) is 71.7 cm³/mol. The summed E-state index contributed by atoms with van der Waals surface area (Å²) >= 11 is 0. The summed E-state index contributed by atoms with van der Waals surface area (Å²) in [6, 6.07) is 14.0. The second kappa shape index (κ2) is 4.20. The van der Waals surface area contributed by atoms with Crippen LogP contribution >= 0.6 is 0 Å². The van der Waals surface area contributed by atoms with E-state index in [-0.39, 0.29) is 5.82 Å². The highest BCUT2D eigenvalue weighted by Gasteiger charge is 2.26. The molecule has 0 radical (unpaired) electrons. The predicted octanol–water partition coefficient (Wildman–Crippen LogP) is 4.04. The lowest BCUT2D eigenvalue weighted by Gasteiger charge is -2.16. The maximum absolute atomic E-state index is 13.0. The van der Waals surface area contributed by atoms with Crippen molar-refractivity contribution < 1.29 is 13.7 Å². The fraction of sp³-hybridized carbons (Fsp3) is 0.0625. The molecule has 0 amide bonds. The fourth-order valence-corrected chi connectivity index (χ4v) is 2.45. The number of benzene rings is 2. The molecule has 0 N–H and O–H groups in total. The van der Waals surface area contributed by atoms with Crippen LogP contribution in [-0.4, -0.2) is 5.16 Å². The summed E-state index contributed by atoms with van der Waals surface area (Å²) in [4.78, 5) is 0. The van der Waals surface area contributed by atoms with Gasteiger partial charge in [0, 0.05) is 11.1 Å². The molecule has 0 atom stereocenters. The van der Waals surface area contributed by atoms with E-state index >= 15 is 0 Å². The number of aromatic nitrogens is 1. The van der Waals surface area contributed by atoms with Gasteiger partial charge in [-0.25, -0.2) is 4.39 Å². The molecular weight excluding hydrogens is 257 g/mol. The zero-order chi connectivity index (χ0) is 13.5. The molecule has 0 bridgehead atoms. The lowest BCUT2D eigenvalue weighted by molar-refractivity contribution is 0.246. The Morgan fingerprint density at radius 1 is 1.00 bits per heavy atom. The number of halogens is 1. The van der Waals surface area contributed by atoms with E-state index in [0.717, 1.165) is 28.1 Å². The van der Waals surface area contributed by atoms with Crippen molar-refractivity contribution in [1.29, 1.82) is 0 Å². The molecular formula is C16H10FNO2. The Balaban J connectivity index is 1.93. The zero-order valence-electron chi connectivity index (χ0n) is 10.5. The molecule has 2 aromatic carbocycles. The van der Waals surface area contributed by atoms with Crippen molar-refractivity contribution in [2.24, 2.45) is 0 Å². The number of fused-ring (bicyclic) bond motifs is 3. The number of rotatable bonds is 1. The molecule has 4 rings (SSSR count). The molecule has 1 aliphatic rings. The van der Waals surface area contributed by atoms with Gasteiger partial charge in [0.25, 0.3) is 0 Å². The van der Waals surface area contributed by atoms with Crippen LogP contribution in [0.1, 0.15) is 5.76 Å². The first-order valence-corrected chi connectivity index (χ1v) is 6.29. The van der Waals surface area contributed by atoms with Crippen LogP contribution in [0, 0.1) is 5.82 Å². The van der Waals surface area contributed by atoms with E-state index in [1.54, 1.807) is 12.1 Å². The third-order valence-electron chi connectivity index (χ3n) is 3.40. The number of ether oxygens (including phenoxy) is 1. The second-order valence-corrected chi connectivity index (χ2v) is 4.62. The van der Waals surface area contributed by atoms with Gasteiger partial charge >= 0.3 is 0 Å². The Hall–Kier alpha value is -2.62. The minimum absolute atomic E-state index is 0.269. The van der Waals surface area contributed by atoms with Gasteiger partial charge in [-0.15, -0.1) is 0 Å². The van der Waals surface area contributed by atoms with E-state index in [4.69, 9.17) is 9.26 Å². The molecule has 0 saturated carbocycles. The molecule has 0 aliphatic carbocycles. The van der Waals surface area contributed by atoms with Crippen molar-refractivity contribution in [3.63, 3.8) is 0 Å². The van der Waals surface area contributed by atoms with Crippen LogP contribution in [0.4, 0.5) is 4.39 Å². The topological polar surface area (TPSA) is 35.3 Å². The molecule has 3 nitrogen and oxygen atoms in total. The van der Waals surface area contributed by atoms with Crippen LogP contribution in [0.2, 0.25) is 0 Å². The molecule has 2 heterocycles. The van der Waals surface area contributed by atoms with E-state index in [1.165, 1.54) is 12.1 Å². The van der Waals surface area contributed by atoms with E-state index in [0.29, 0.717) is 12.4 Å². The highest BCUT2D eigenvalue weighted by molar-refractivity contribution is 5.85. The van der Waals surface area contributed by atoms with Crippen LogP contribution in [0.25, 0.3) is 22.4 Å². The van der Waals surface area contributed by atoms with Crippen LogP contribution in [0.15, 0.2) is 53.1 Å². The Morgan fingerprint density at radius 3 is 2.65 bits per heavy atom. The maximum Gasteiger partial charge on any atom is 0.182 e. The molecule has 20 heavy (non-hydrogen) atoms. The minimum Gasteiger partial charge on any atom is -0.485 e. The molecule has 0 unspecified atom stereocenters. The van der Waals surface area contributed by atoms with Gasteiger partial charge < -0.3 is 9.26 Å². The highest BCUT2D eigenvalue weighted by Crippen LogP contribution is 2.42. The van der Waals surface area contributed by atoms with Crippen molar-refractivity contribution in [2.75, 3.05) is 0 Å². The largest absolute Gasteiger partial charge is 0.485 e. The minimum atomic E-state index is -0.269. The van der Waals surface area contributed by atoms with Crippen molar-refractivity contribution in [3.05, 3.63) is 60.1 Å². The SMILES string of the molecule is Fc1ccc(-c2noc3c2-c2ccccc2OC3)cc1. The van der Waals surface area contributed by atoms with Crippen molar-refractivity contribution in [1.82, 2.24) is 5.16 Å². The summed E-state index contributed by atoms with van der Waals surface area (Å²) in [5.41, 5.74) is 3.43. The van der Waals surface area contributed by atoms with Gasteiger partial charge in [-0.2, -0.15) is 0 Å². The maximum atomic E-state index is 13.0. The smallest absolute Gasteiger partial charge is 0.182 e. The van der Waals surface area contributed by atoms with E-state index in [1.807, 2.05) is 24.3 Å². The highest BCUT2D eigenvalue weighted by atomic mass is 19.1.